The first kappa shape index (κ1) is 13.7. The second-order valence-electron chi connectivity index (χ2n) is 3.65. The molecule has 2 N–H and O–H groups in total. The van der Waals surface area contributed by atoms with Crippen LogP contribution in [0.1, 0.15) is 12.6 Å². The van der Waals surface area contributed by atoms with Gasteiger partial charge < -0.3 is 5.32 Å². The van der Waals surface area contributed by atoms with Crippen molar-refractivity contribution >= 4 is 11.8 Å². The van der Waals surface area contributed by atoms with Crippen molar-refractivity contribution in [3.05, 3.63) is 60.5 Å². The van der Waals surface area contributed by atoms with Gasteiger partial charge in [-0.2, -0.15) is 0 Å². The van der Waals surface area contributed by atoms with Crippen LogP contribution >= 0.6 is 0 Å². The molecular weight excluding hydrogens is 226 g/mol. The Balaban J connectivity index is 2.49. The standard InChI is InChI=1S/C14H17N3O/c1-4-5-6-8-12(3)16-14(18)17-13-10-7-9-11(2)15-13/h4-10H,3H2,1-2H3,(H2,15,16,17,18)/b5-4-,8-6-. The highest BCUT2D eigenvalue weighted by atomic mass is 16.2. The number of pyridine rings is 1. The van der Waals surface area contributed by atoms with Gasteiger partial charge in [0, 0.05) is 11.4 Å². The van der Waals surface area contributed by atoms with Gasteiger partial charge in [0.25, 0.3) is 0 Å². The minimum atomic E-state index is -0.358. The van der Waals surface area contributed by atoms with E-state index in [2.05, 4.69) is 22.2 Å². The fraction of sp³-hybridized carbons (Fsp3) is 0.143. The molecule has 18 heavy (non-hydrogen) atoms. The molecule has 0 aliphatic carbocycles. The third-order valence-corrected chi connectivity index (χ3v) is 2.00. The Kier molecular flexibility index (Phi) is 5.38. The SMILES string of the molecule is C=C(/C=C\C=C/C)NC(=O)Nc1cccc(C)n1. The number of rotatable bonds is 4. The molecule has 0 bridgehead atoms. The molecule has 0 radical (unpaired) electrons. The lowest BCUT2D eigenvalue weighted by molar-refractivity contribution is 0.254. The normalized spacial score (nSPS) is 10.8. The highest BCUT2D eigenvalue weighted by Crippen LogP contribution is 2.03. The number of allylic oxidation sites excluding steroid dienone is 4. The van der Waals surface area contributed by atoms with Crippen molar-refractivity contribution in [3.63, 3.8) is 0 Å². The molecule has 0 saturated heterocycles. The molecule has 0 atom stereocenters. The molecule has 0 unspecified atom stereocenters. The van der Waals surface area contributed by atoms with Gasteiger partial charge in [0.15, 0.2) is 0 Å². The topological polar surface area (TPSA) is 54.0 Å². The van der Waals surface area contributed by atoms with Crippen LogP contribution in [0, 0.1) is 6.92 Å². The highest BCUT2D eigenvalue weighted by molar-refractivity contribution is 5.89. The van der Waals surface area contributed by atoms with Crippen LogP contribution in [0.4, 0.5) is 10.6 Å². The van der Waals surface area contributed by atoms with Crippen LogP contribution in [-0.2, 0) is 0 Å². The second-order valence-corrected chi connectivity index (χ2v) is 3.65. The van der Waals surface area contributed by atoms with Crippen LogP contribution < -0.4 is 10.6 Å². The van der Waals surface area contributed by atoms with E-state index in [-0.39, 0.29) is 6.03 Å². The number of urea groups is 1. The quantitative estimate of drug-likeness (QED) is 0.798. The van der Waals surface area contributed by atoms with Gasteiger partial charge >= 0.3 is 6.03 Å². The number of amides is 2. The Morgan fingerprint density at radius 2 is 2.17 bits per heavy atom. The van der Waals surface area contributed by atoms with Gasteiger partial charge in [-0.25, -0.2) is 9.78 Å². The largest absolute Gasteiger partial charge is 0.324 e. The molecule has 4 nitrogen and oxygen atoms in total. The summed E-state index contributed by atoms with van der Waals surface area (Å²) in [6.07, 6.45) is 7.25. The average molecular weight is 243 g/mol. The number of nitrogens with one attached hydrogen (secondary N) is 2. The first-order chi connectivity index (χ1) is 8.61. The summed E-state index contributed by atoms with van der Waals surface area (Å²) >= 11 is 0. The van der Waals surface area contributed by atoms with Crippen molar-refractivity contribution in [1.82, 2.24) is 10.3 Å². The molecule has 0 aromatic carbocycles. The van der Waals surface area contributed by atoms with Crippen LogP contribution in [0.2, 0.25) is 0 Å². The van der Waals surface area contributed by atoms with Crippen LogP contribution in [0.3, 0.4) is 0 Å². The molecule has 2 amide bonds. The lowest BCUT2D eigenvalue weighted by atomic mass is 10.3. The molecule has 0 saturated carbocycles. The Bertz CT molecular complexity index is 490. The zero-order chi connectivity index (χ0) is 13.4. The van der Waals surface area contributed by atoms with E-state index in [4.69, 9.17) is 0 Å². The maximum atomic E-state index is 11.6. The molecule has 0 aliphatic heterocycles. The zero-order valence-corrected chi connectivity index (χ0v) is 10.6. The summed E-state index contributed by atoms with van der Waals surface area (Å²) in [5.74, 6) is 0.512. The van der Waals surface area contributed by atoms with Crippen molar-refractivity contribution < 1.29 is 4.79 Å². The Morgan fingerprint density at radius 1 is 1.39 bits per heavy atom. The first-order valence-electron chi connectivity index (χ1n) is 5.61. The van der Waals surface area contributed by atoms with E-state index in [1.54, 1.807) is 18.2 Å². The summed E-state index contributed by atoms with van der Waals surface area (Å²) in [5.41, 5.74) is 1.36. The van der Waals surface area contributed by atoms with Gasteiger partial charge in [-0.15, -0.1) is 0 Å². The minimum absolute atomic E-state index is 0.358. The van der Waals surface area contributed by atoms with Crippen LogP contribution in [-0.4, -0.2) is 11.0 Å². The van der Waals surface area contributed by atoms with E-state index >= 15 is 0 Å². The third-order valence-electron chi connectivity index (χ3n) is 2.00. The van der Waals surface area contributed by atoms with Gasteiger partial charge in [-0.3, -0.25) is 5.32 Å². The number of hydrogen-bond donors (Lipinski definition) is 2. The van der Waals surface area contributed by atoms with E-state index in [9.17, 15) is 4.79 Å². The molecule has 1 rings (SSSR count). The van der Waals surface area contributed by atoms with Crippen LogP contribution in [0.5, 0.6) is 0 Å². The average Bonchev–Trinajstić information content (AvgIpc) is 2.29. The predicted octanol–water partition coefficient (Wildman–Crippen LogP) is 3.16. The Hall–Kier alpha value is -2.36. The van der Waals surface area contributed by atoms with Gasteiger partial charge in [-0.05, 0) is 32.1 Å². The smallest absolute Gasteiger partial charge is 0.308 e. The number of aromatic nitrogens is 1. The van der Waals surface area contributed by atoms with E-state index in [1.165, 1.54) is 0 Å². The monoisotopic (exact) mass is 243 g/mol. The summed E-state index contributed by atoms with van der Waals surface area (Å²) in [4.78, 5) is 15.8. The summed E-state index contributed by atoms with van der Waals surface area (Å²) < 4.78 is 0. The van der Waals surface area contributed by atoms with Crippen molar-refractivity contribution in [3.8, 4) is 0 Å². The van der Waals surface area contributed by atoms with E-state index in [0.717, 1.165) is 5.69 Å². The third kappa shape index (κ3) is 5.12. The molecule has 94 valence electrons. The van der Waals surface area contributed by atoms with Crippen molar-refractivity contribution in [2.24, 2.45) is 0 Å². The zero-order valence-electron chi connectivity index (χ0n) is 10.6. The number of hydrogen-bond acceptors (Lipinski definition) is 2. The lowest BCUT2D eigenvalue weighted by Gasteiger charge is -2.06. The molecule has 4 heteroatoms. The van der Waals surface area contributed by atoms with Gasteiger partial charge in [-0.1, -0.05) is 30.9 Å². The highest BCUT2D eigenvalue weighted by Gasteiger charge is 2.02. The van der Waals surface area contributed by atoms with E-state index < -0.39 is 0 Å². The summed E-state index contributed by atoms with van der Waals surface area (Å²) in [7, 11) is 0. The maximum absolute atomic E-state index is 11.6. The summed E-state index contributed by atoms with van der Waals surface area (Å²) in [5, 5.41) is 5.23. The van der Waals surface area contributed by atoms with Crippen LogP contribution in [0.25, 0.3) is 0 Å². The van der Waals surface area contributed by atoms with Crippen molar-refractivity contribution in [2.45, 2.75) is 13.8 Å². The van der Waals surface area contributed by atoms with E-state index in [1.807, 2.05) is 38.1 Å². The number of carbonyl (C=O) groups excluding carboxylic acids is 1. The molecule has 1 aromatic heterocycles. The Morgan fingerprint density at radius 3 is 2.83 bits per heavy atom. The molecule has 0 fully saturated rings. The molecule has 1 heterocycles. The number of nitrogens with zero attached hydrogens (tertiary/aromatic N) is 1. The number of carbonyl (C=O) groups is 1. The minimum Gasteiger partial charge on any atom is -0.308 e. The summed E-state index contributed by atoms with van der Waals surface area (Å²) in [6, 6.07) is 5.06. The molecule has 0 spiro atoms. The van der Waals surface area contributed by atoms with Gasteiger partial charge in [0.2, 0.25) is 0 Å². The number of anilines is 1. The predicted molar refractivity (Wildman–Crippen MR) is 74.2 cm³/mol. The van der Waals surface area contributed by atoms with Gasteiger partial charge in [0.05, 0.1) is 0 Å². The van der Waals surface area contributed by atoms with Crippen LogP contribution in [0.15, 0.2) is 54.8 Å². The maximum Gasteiger partial charge on any atom is 0.324 e. The van der Waals surface area contributed by atoms with E-state index in [0.29, 0.717) is 11.5 Å². The molecule has 1 aromatic rings. The van der Waals surface area contributed by atoms with Gasteiger partial charge in [0.1, 0.15) is 5.82 Å². The Labute approximate surface area is 107 Å². The molecular formula is C14H17N3O. The lowest BCUT2D eigenvalue weighted by Crippen LogP contribution is -2.27. The number of aryl methyl sites for hydroxylation is 1. The summed E-state index contributed by atoms with van der Waals surface area (Å²) in [6.45, 7) is 7.49. The fourth-order valence-corrected chi connectivity index (χ4v) is 1.23. The molecule has 0 aliphatic rings. The first-order valence-corrected chi connectivity index (χ1v) is 5.61. The van der Waals surface area contributed by atoms with Crippen molar-refractivity contribution in [1.29, 1.82) is 0 Å². The van der Waals surface area contributed by atoms with Crippen molar-refractivity contribution in [2.75, 3.05) is 5.32 Å². The fourth-order valence-electron chi connectivity index (χ4n) is 1.23. The second kappa shape index (κ2) is 7.06.